The number of unbranched alkanes of at least 4 members (excludes halogenated alkanes) is 1. The first-order valence-electron chi connectivity index (χ1n) is 5.54. The van der Waals surface area contributed by atoms with Crippen LogP contribution in [-0.4, -0.2) is 15.8 Å². The highest BCUT2D eigenvalue weighted by molar-refractivity contribution is 7.99. The Hall–Kier alpha value is -0.540. The zero-order valence-electron chi connectivity index (χ0n) is 9.44. The van der Waals surface area contributed by atoms with Crippen molar-refractivity contribution in [1.82, 2.24) is 4.98 Å². The monoisotopic (exact) mass is 225 g/mol. The van der Waals surface area contributed by atoms with E-state index in [-0.39, 0.29) is 0 Å². The van der Waals surface area contributed by atoms with E-state index < -0.39 is 6.10 Å². The molecule has 0 saturated heterocycles. The van der Waals surface area contributed by atoms with Crippen LogP contribution in [0.25, 0.3) is 0 Å². The van der Waals surface area contributed by atoms with Gasteiger partial charge in [-0.15, -0.1) is 11.8 Å². The molecule has 1 rings (SSSR count). The van der Waals surface area contributed by atoms with Crippen LogP contribution in [0.15, 0.2) is 23.2 Å². The largest absolute Gasteiger partial charge is 0.387 e. The number of pyridine rings is 1. The molecule has 1 N–H and O–H groups in total. The van der Waals surface area contributed by atoms with Crippen LogP contribution in [-0.2, 0) is 0 Å². The molecule has 1 aromatic heterocycles. The van der Waals surface area contributed by atoms with E-state index >= 15 is 0 Å². The summed E-state index contributed by atoms with van der Waals surface area (Å²) in [7, 11) is 0. The molecule has 0 fully saturated rings. The predicted molar refractivity (Wildman–Crippen MR) is 65.1 cm³/mol. The number of rotatable bonds is 6. The van der Waals surface area contributed by atoms with Crippen LogP contribution in [0.1, 0.15) is 44.9 Å². The van der Waals surface area contributed by atoms with Crippen LogP contribution >= 0.6 is 11.8 Å². The van der Waals surface area contributed by atoms with Crippen molar-refractivity contribution in [3.05, 3.63) is 24.0 Å². The van der Waals surface area contributed by atoms with Gasteiger partial charge in [-0.1, -0.05) is 20.3 Å². The van der Waals surface area contributed by atoms with Gasteiger partial charge in [0.05, 0.1) is 11.8 Å². The van der Waals surface area contributed by atoms with Crippen molar-refractivity contribution >= 4 is 11.8 Å². The van der Waals surface area contributed by atoms with E-state index in [1.165, 1.54) is 17.7 Å². The van der Waals surface area contributed by atoms with Crippen LogP contribution in [0, 0.1) is 0 Å². The zero-order chi connectivity index (χ0) is 11.1. The van der Waals surface area contributed by atoms with Gasteiger partial charge in [0.2, 0.25) is 0 Å². The van der Waals surface area contributed by atoms with Gasteiger partial charge in [0, 0.05) is 11.1 Å². The van der Waals surface area contributed by atoms with Gasteiger partial charge in [0.15, 0.2) is 0 Å². The molecule has 84 valence electrons. The van der Waals surface area contributed by atoms with E-state index in [1.807, 2.05) is 37.0 Å². The third kappa shape index (κ3) is 4.22. The smallest absolute Gasteiger partial charge is 0.0957 e. The van der Waals surface area contributed by atoms with Gasteiger partial charge < -0.3 is 5.11 Å². The predicted octanol–water partition coefficient (Wildman–Crippen LogP) is 3.42. The van der Waals surface area contributed by atoms with Gasteiger partial charge in [0.25, 0.3) is 0 Å². The van der Waals surface area contributed by atoms with E-state index in [9.17, 15) is 5.11 Å². The Morgan fingerprint density at radius 1 is 1.40 bits per heavy atom. The second-order valence-electron chi connectivity index (χ2n) is 3.54. The van der Waals surface area contributed by atoms with Crippen molar-refractivity contribution in [3.8, 4) is 0 Å². The van der Waals surface area contributed by atoms with Gasteiger partial charge in [-0.3, -0.25) is 4.98 Å². The highest BCUT2D eigenvalue weighted by atomic mass is 32.2. The molecular weight excluding hydrogens is 206 g/mol. The average Bonchev–Trinajstić information content (AvgIpc) is 2.29. The first-order valence-corrected chi connectivity index (χ1v) is 6.53. The van der Waals surface area contributed by atoms with Crippen LogP contribution in [0.3, 0.4) is 0 Å². The van der Waals surface area contributed by atoms with Crippen molar-refractivity contribution < 1.29 is 5.11 Å². The number of thioether (sulfide) groups is 1. The van der Waals surface area contributed by atoms with Gasteiger partial charge in [0.1, 0.15) is 0 Å². The van der Waals surface area contributed by atoms with E-state index in [0.29, 0.717) is 0 Å². The topological polar surface area (TPSA) is 33.1 Å². The maximum atomic E-state index is 9.56. The van der Waals surface area contributed by atoms with Crippen LogP contribution in [0.4, 0.5) is 0 Å². The summed E-state index contributed by atoms with van der Waals surface area (Å²) in [6.07, 6.45) is 4.63. The lowest BCUT2D eigenvalue weighted by Gasteiger charge is -2.07. The van der Waals surface area contributed by atoms with Gasteiger partial charge >= 0.3 is 0 Å². The van der Waals surface area contributed by atoms with Gasteiger partial charge in [-0.2, -0.15) is 0 Å². The van der Waals surface area contributed by atoms with E-state index in [1.54, 1.807) is 0 Å². The number of hydrogen-bond donors (Lipinski definition) is 1. The second-order valence-corrected chi connectivity index (χ2v) is 4.71. The Kier molecular flexibility index (Phi) is 5.73. The molecule has 3 heteroatoms. The molecule has 0 aliphatic heterocycles. The summed E-state index contributed by atoms with van der Waals surface area (Å²) < 4.78 is 0. The van der Waals surface area contributed by atoms with Crippen molar-refractivity contribution in [1.29, 1.82) is 0 Å². The maximum Gasteiger partial charge on any atom is 0.0957 e. The minimum absolute atomic E-state index is 0.417. The molecule has 0 aliphatic rings. The van der Waals surface area contributed by atoms with Crippen molar-refractivity contribution in [2.75, 3.05) is 5.75 Å². The first kappa shape index (κ1) is 12.5. The molecule has 0 radical (unpaired) electrons. The Balaban J connectivity index is 2.49. The maximum absolute atomic E-state index is 9.56. The van der Waals surface area contributed by atoms with Crippen molar-refractivity contribution in [3.63, 3.8) is 0 Å². The fourth-order valence-corrected chi connectivity index (χ4v) is 2.18. The molecule has 0 aromatic carbocycles. The van der Waals surface area contributed by atoms with E-state index in [2.05, 4.69) is 11.9 Å². The first-order chi connectivity index (χ1) is 7.27. The fourth-order valence-electron chi connectivity index (χ4n) is 1.22. The Bertz CT molecular complexity index is 273. The Labute approximate surface area is 96.1 Å². The quantitative estimate of drug-likeness (QED) is 0.595. The normalized spacial score (nSPS) is 12.7. The summed E-state index contributed by atoms with van der Waals surface area (Å²) in [4.78, 5) is 5.45. The number of nitrogens with zero attached hydrogens (tertiary/aromatic N) is 1. The summed E-state index contributed by atoms with van der Waals surface area (Å²) >= 11 is 1.83. The highest BCUT2D eigenvalue weighted by Gasteiger charge is 2.05. The molecule has 0 spiro atoms. The molecular formula is C12H19NOS. The average molecular weight is 225 g/mol. The Morgan fingerprint density at radius 3 is 2.73 bits per heavy atom. The molecule has 0 aliphatic carbocycles. The Morgan fingerprint density at radius 2 is 2.20 bits per heavy atom. The molecule has 0 amide bonds. The lowest BCUT2D eigenvalue weighted by molar-refractivity contribution is 0.169. The highest BCUT2D eigenvalue weighted by Crippen LogP contribution is 2.20. The third-order valence-electron chi connectivity index (χ3n) is 2.25. The summed E-state index contributed by atoms with van der Waals surface area (Å²) in [5.41, 5.74) is 0.775. The lowest BCUT2D eigenvalue weighted by atomic mass is 10.2. The third-order valence-corrected chi connectivity index (χ3v) is 3.32. The van der Waals surface area contributed by atoms with Crippen molar-refractivity contribution in [2.24, 2.45) is 0 Å². The van der Waals surface area contributed by atoms with Crippen LogP contribution in [0.5, 0.6) is 0 Å². The molecule has 2 nitrogen and oxygen atoms in total. The second kappa shape index (κ2) is 6.85. The number of aliphatic hydroxyl groups is 1. The summed E-state index contributed by atoms with van der Waals surface area (Å²) in [6.45, 7) is 4.15. The zero-order valence-corrected chi connectivity index (χ0v) is 10.3. The number of aromatic nitrogens is 1. The van der Waals surface area contributed by atoms with Crippen LogP contribution < -0.4 is 0 Å². The molecule has 1 atom stereocenters. The molecule has 0 unspecified atom stereocenters. The number of aliphatic hydroxyl groups excluding tert-OH is 1. The minimum Gasteiger partial charge on any atom is -0.387 e. The summed E-state index contributed by atoms with van der Waals surface area (Å²) in [6, 6.07) is 3.96. The van der Waals surface area contributed by atoms with E-state index in [0.717, 1.165) is 17.9 Å². The molecule has 15 heavy (non-hydrogen) atoms. The summed E-state index contributed by atoms with van der Waals surface area (Å²) in [5, 5.41) is 9.56. The molecule has 1 aromatic rings. The van der Waals surface area contributed by atoms with Gasteiger partial charge in [-0.25, -0.2) is 0 Å². The number of hydrogen-bond acceptors (Lipinski definition) is 3. The SMILES string of the molecule is CCCCSc1ccc([C@@H](O)CC)nc1. The van der Waals surface area contributed by atoms with Gasteiger partial charge in [-0.05, 0) is 30.7 Å². The van der Waals surface area contributed by atoms with E-state index in [4.69, 9.17) is 0 Å². The summed E-state index contributed by atoms with van der Waals surface area (Å²) in [5.74, 6) is 1.15. The fraction of sp³-hybridized carbons (Fsp3) is 0.583. The standard InChI is InChI=1S/C12H19NOS/c1-3-5-8-15-10-6-7-11(13-9-10)12(14)4-2/h6-7,9,12,14H,3-5,8H2,1-2H3/t12-/m0/s1. The molecule has 1 heterocycles. The molecule has 0 bridgehead atoms. The minimum atomic E-state index is -0.417. The molecule has 0 saturated carbocycles. The lowest BCUT2D eigenvalue weighted by Crippen LogP contribution is -1.97. The van der Waals surface area contributed by atoms with Crippen LogP contribution in [0.2, 0.25) is 0 Å². The van der Waals surface area contributed by atoms with Crippen molar-refractivity contribution in [2.45, 2.75) is 44.1 Å².